The van der Waals surface area contributed by atoms with Crippen LogP contribution < -0.4 is 20.9 Å². The van der Waals surface area contributed by atoms with Gasteiger partial charge in [0.1, 0.15) is 5.02 Å². The molecule has 1 aliphatic heterocycles. The number of anilines is 6. The maximum atomic E-state index is 12.5. The van der Waals surface area contributed by atoms with Crippen LogP contribution >= 0.6 is 11.6 Å². The van der Waals surface area contributed by atoms with E-state index in [1.807, 2.05) is 57.2 Å². The number of para-hydroxylation sites is 2. The molecule has 8 nitrogen and oxygen atoms in total. The van der Waals surface area contributed by atoms with E-state index in [0.29, 0.717) is 28.2 Å². The Bertz CT molecular complexity index is 1140. The maximum Gasteiger partial charge on any atom is 0.229 e. The molecule has 34 heavy (non-hydrogen) atoms. The van der Waals surface area contributed by atoms with Crippen LogP contribution in [0.1, 0.15) is 20.8 Å². The Hall–Kier alpha value is -3.36. The summed E-state index contributed by atoms with van der Waals surface area (Å²) in [7, 11) is 0. The van der Waals surface area contributed by atoms with E-state index in [-0.39, 0.29) is 5.91 Å². The second kappa shape index (κ2) is 10.3. The molecule has 1 aromatic heterocycles. The van der Waals surface area contributed by atoms with Crippen molar-refractivity contribution in [1.29, 1.82) is 0 Å². The largest absolute Gasteiger partial charge is 0.378 e. The Kier molecular flexibility index (Phi) is 7.19. The van der Waals surface area contributed by atoms with Crippen LogP contribution in [-0.2, 0) is 9.53 Å². The Labute approximate surface area is 204 Å². The van der Waals surface area contributed by atoms with E-state index in [9.17, 15) is 4.79 Å². The van der Waals surface area contributed by atoms with E-state index < -0.39 is 5.41 Å². The van der Waals surface area contributed by atoms with Crippen molar-refractivity contribution >= 4 is 52.0 Å². The summed E-state index contributed by atoms with van der Waals surface area (Å²) in [5, 5.41) is 9.77. The van der Waals surface area contributed by atoms with Crippen LogP contribution in [0.25, 0.3) is 0 Å². The highest BCUT2D eigenvalue weighted by molar-refractivity contribution is 6.33. The van der Waals surface area contributed by atoms with Gasteiger partial charge in [-0.2, -0.15) is 4.98 Å². The lowest BCUT2D eigenvalue weighted by molar-refractivity contribution is -0.123. The standard InChI is InChI=1S/C25H29ClN6O2/c1-25(2,3)23(33)30-21-7-5-4-6-20(21)29-22-19(26)16-27-24(31-22)28-17-8-10-18(11-9-17)32-12-14-34-15-13-32/h4-11,16H,12-15H2,1-3H3,(H,30,33)(H2,27,28,29,31). The van der Waals surface area contributed by atoms with Crippen molar-refractivity contribution in [3.8, 4) is 0 Å². The van der Waals surface area contributed by atoms with Gasteiger partial charge in [0.2, 0.25) is 11.9 Å². The Balaban J connectivity index is 1.48. The van der Waals surface area contributed by atoms with Crippen LogP contribution in [0.2, 0.25) is 5.02 Å². The number of carbonyl (C=O) groups excluding carboxylic acids is 1. The number of rotatable bonds is 6. The molecule has 0 aliphatic carbocycles. The van der Waals surface area contributed by atoms with Crippen molar-refractivity contribution in [1.82, 2.24) is 9.97 Å². The highest BCUT2D eigenvalue weighted by atomic mass is 35.5. The van der Waals surface area contributed by atoms with Gasteiger partial charge >= 0.3 is 0 Å². The number of ether oxygens (including phenoxy) is 1. The Morgan fingerprint density at radius 3 is 2.35 bits per heavy atom. The van der Waals surface area contributed by atoms with Gasteiger partial charge < -0.3 is 25.6 Å². The second-order valence-electron chi connectivity index (χ2n) is 9.04. The zero-order valence-corrected chi connectivity index (χ0v) is 20.3. The number of nitrogens with zero attached hydrogens (tertiary/aromatic N) is 3. The molecule has 1 aliphatic rings. The first-order valence-electron chi connectivity index (χ1n) is 11.2. The summed E-state index contributed by atoms with van der Waals surface area (Å²) in [6, 6.07) is 15.5. The van der Waals surface area contributed by atoms with Gasteiger partial charge in [0.25, 0.3) is 0 Å². The SMILES string of the molecule is CC(C)(C)C(=O)Nc1ccccc1Nc1nc(Nc2ccc(N3CCOCC3)cc2)ncc1Cl. The van der Waals surface area contributed by atoms with Gasteiger partial charge in [-0.3, -0.25) is 4.79 Å². The van der Waals surface area contributed by atoms with Crippen molar-refractivity contribution in [3.63, 3.8) is 0 Å². The molecule has 2 aromatic carbocycles. The molecule has 9 heteroatoms. The highest BCUT2D eigenvalue weighted by Gasteiger charge is 2.22. The molecule has 1 fully saturated rings. The summed E-state index contributed by atoms with van der Waals surface area (Å²) in [6.07, 6.45) is 1.54. The zero-order chi connectivity index (χ0) is 24.1. The molecule has 0 unspecified atom stereocenters. The molecule has 178 valence electrons. The number of morpholine rings is 1. The molecule has 3 N–H and O–H groups in total. The lowest BCUT2D eigenvalue weighted by Crippen LogP contribution is -2.36. The van der Waals surface area contributed by atoms with E-state index in [0.717, 1.165) is 37.7 Å². The molecule has 0 spiro atoms. The predicted octanol–water partition coefficient (Wildman–Crippen LogP) is 5.44. The lowest BCUT2D eigenvalue weighted by atomic mass is 9.95. The smallest absolute Gasteiger partial charge is 0.229 e. The van der Waals surface area contributed by atoms with Crippen molar-refractivity contribution < 1.29 is 9.53 Å². The third kappa shape index (κ3) is 5.95. The minimum absolute atomic E-state index is 0.0848. The highest BCUT2D eigenvalue weighted by Crippen LogP contribution is 2.30. The van der Waals surface area contributed by atoms with E-state index in [4.69, 9.17) is 16.3 Å². The van der Waals surface area contributed by atoms with Crippen LogP contribution in [0.5, 0.6) is 0 Å². The molecule has 0 saturated carbocycles. The number of benzene rings is 2. The third-order valence-corrected chi connectivity index (χ3v) is 5.63. The van der Waals surface area contributed by atoms with Crippen molar-refractivity contribution in [2.75, 3.05) is 47.2 Å². The monoisotopic (exact) mass is 480 g/mol. The van der Waals surface area contributed by atoms with Gasteiger partial charge in [-0.15, -0.1) is 0 Å². The minimum Gasteiger partial charge on any atom is -0.378 e. The minimum atomic E-state index is -0.520. The van der Waals surface area contributed by atoms with Crippen LogP contribution in [-0.4, -0.2) is 42.2 Å². The topological polar surface area (TPSA) is 91.4 Å². The first-order valence-corrected chi connectivity index (χ1v) is 11.6. The Morgan fingerprint density at radius 2 is 1.68 bits per heavy atom. The van der Waals surface area contributed by atoms with Crippen molar-refractivity contribution in [2.45, 2.75) is 20.8 Å². The van der Waals surface area contributed by atoms with E-state index >= 15 is 0 Å². The maximum absolute atomic E-state index is 12.5. The van der Waals surface area contributed by atoms with E-state index in [1.165, 1.54) is 6.20 Å². The first-order chi connectivity index (χ1) is 16.3. The number of hydrogen-bond acceptors (Lipinski definition) is 7. The molecular formula is C25H29ClN6O2. The van der Waals surface area contributed by atoms with Crippen LogP contribution in [0.15, 0.2) is 54.7 Å². The van der Waals surface area contributed by atoms with Crippen LogP contribution in [0.4, 0.5) is 34.5 Å². The number of halogens is 1. The lowest BCUT2D eigenvalue weighted by Gasteiger charge is -2.28. The third-order valence-electron chi connectivity index (χ3n) is 5.35. The summed E-state index contributed by atoms with van der Waals surface area (Å²) in [5.74, 6) is 0.752. The first kappa shape index (κ1) is 23.8. The molecule has 0 atom stereocenters. The molecule has 4 rings (SSSR count). The summed E-state index contributed by atoms with van der Waals surface area (Å²) in [6.45, 7) is 8.87. The molecule has 2 heterocycles. The molecular weight excluding hydrogens is 452 g/mol. The number of hydrogen-bond donors (Lipinski definition) is 3. The molecule has 3 aromatic rings. The Morgan fingerprint density at radius 1 is 1.00 bits per heavy atom. The zero-order valence-electron chi connectivity index (χ0n) is 19.6. The summed E-state index contributed by atoms with van der Waals surface area (Å²) in [4.78, 5) is 23.6. The number of nitrogens with one attached hydrogen (secondary N) is 3. The molecule has 1 amide bonds. The average molecular weight is 481 g/mol. The summed E-state index contributed by atoms with van der Waals surface area (Å²) in [5.41, 5.74) is 2.82. The number of aromatic nitrogens is 2. The molecule has 0 bridgehead atoms. The van der Waals surface area contributed by atoms with Gasteiger partial charge in [-0.05, 0) is 36.4 Å². The summed E-state index contributed by atoms with van der Waals surface area (Å²) >= 11 is 6.37. The van der Waals surface area contributed by atoms with Crippen LogP contribution in [0.3, 0.4) is 0 Å². The number of amides is 1. The number of carbonyl (C=O) groups is 1. The van der Waals surface area contributed by atoms with Crippen molar-refractivity contribution in [2.24, 2.45) is 5.41 Å². The quantitative estimate of drug-likeness (QED) is 0.432. The average Bonchev–Trinajstić information content (AvgIpc) is 2.83. The fraction of sp³-hybridized carbons (Fsp3) is 0.320. The van der Waals surface area contributed by atoms with Crippen LogP contribution in [0, 0.1) is 5.41 Å². The predicted molar refractivity (Wildman–Crippen MR) is 138 cm³/mol. The molecule has 0 radical (unpaired) electrons. The van der Waals surface area contributed by atoms with Gasteiger partial charge in [0.15, 0.2) is 5.82 Å². The van der Waals surface area contributed by atoms with E-state index in [2.05, 4.69) is 43.0 Å². The van der Waals surface area contributed by atoms with Gasteiger partial charge in [0, 0.05) is 29.9 Å². The molecule has 1 saturated heterocycles. The normalized spacial score (nSPS) is 13.9. The fourth-order valence-corrected chi connectivity index (χ4v) is 3.50. The second-order valence-corrected chi connectivity index (χ2v) is 9.44. The van der Waals surface area contributed by atoms with E-state index in [1.54, 1.807) is 0 Å². The fourth-order valence-electron chi connectivity index (χ4n) is 3.36. The van der Waals surface area contributed by atoms with Gasteiger partial charge in [0.05, 0.1) is 30.8 Å². The summed E-state index contributed by atoms with van der Waals surface area (Å²) < 4.78 is 5.42. The van der Waals surface area contributed by atoms with Gasteiger partial charge in [-0.1, -0.05) is 44.5 Å². The van der Waals surface area contributed by atoms with Crippen molar-refractivity contribution in [3.05, 3.63) is 59.8 Å². The van der Waals surface area contributed by atoms with Gasteiger partial charge in [-0.25, -0.2) is 4.98 Å².